The number of hydrogen-bond donors (Lipinski definition) is 1. The Morgan fingerprint density at radius 1 is 1.08 bits per heavy atom. The van der Waals surface area contributed by atoms with Gasteiger partial charge in [-0.3, -0.25) is 0 Å². The predicted molar refractivity (Wildman–Crippen MR) is 90.9 cm³/mol. The minimum Gasteiger partial charge on any atom is -0.496 e. The van der Waals surface area contributed by atoms with Crippen LogP contribution in [0, 0.1) is 0 Å². The van der Waals surface area contributed by atoms with Crippen LogP contribution in [-0.4, -0.2) is 23.0 Å². The lowest BCUT2D eigenvalue weighted by molar-refractivity contribution is -0.274. The second-order valence-electron chi connectivity index (χ2n) is 5.50. The molecule has 0 saturated heterocycles. The van der Waals surface area contributed by atoms with E-state index in [1.165, 1.54) is 24.3 Å². The molecule has 1 heterocycles. The van der Waals surface area contributed by atoms with Gasteiger partial charge in [0.15, 0.2) is 0 Å². The number of nitrogen functional groups attached to an aromatic ring is 1. The van der Waals surface area contributed by atoms with Crippen molar-refractivity contribution < 1.29 is 22.6 Å². The molecule has 0 aliphatic carbocycles. The summed E-state index contributed by atoms with van der Waals surface area (Å²) in [4.78, 5) is 4.27. The number of ether oxygens (including phenoxy) is 2. The van der Waals surface area contributed by atoms with Crippen molar-refractivity contribution in [2.75, 3.05) is 12.8 Å². The van der Waals surface area contributed by atoms with Gasteiger partial charge < -0.3 is 19.8 Å². The van der Waals surface area contributed by atoms with Gasteiger partial charge in [-0.05, 0) is 30.3 Å². The van der Waals surface area contributed by atoms with Crippen LogP contribution in [0.15, 0.2) is 54.7 Å². The zero-order valence-corrected chi connectivity index (χ0v) is 13.8. The molecule has 0 spiro atoms. The largest absolute Gasteiger partial charge is 0.573 e. The van der Waals surface area contributed by atoms with Gasteiger partial charge in [0.2, 0.25) is 5.95 Å². The number of hydrogen-bond acceptors (Lipinski definition) is 4. The fourth-order valence-corrected chi connectivity index (χ4v) is 2.54. The van der Waals surface area contributed by atoms with E-state index in [1.807, 2.05) is 24.3 Å². The number of anilines is 1. The first kappa shape index (κ1) is 17.7. The highest BCUT2D eigenvalue weighted by atomic mass is 19.4. The minimum absolute atomic E-state index is 0.289. The molecular weight excluding hydrogens is 347 g/mol. The SMILES string of the molecule is COc1ccccc1Cn1cc(-c2ccc(OC(F)(F)F)cc2)nc1N. The van der Waals surface area contributed by atoms with Crippen molar-refractivity contribution in [3.63, 3.8) is 0 Å². The second-order valence-corrected chi connectivity index (χ2v) is 5.50. The predicted octanol–water partition coefficient (Wildman–Crippen LogP) is 4.09. The van der Waals surface area contributed by atoms with Gasteiger partial charge >= 0.3 is 6.36 Å². The molecule has 0 fully saturated rings. The molecule has 0 bridgehead atoms. The summed E-state index contributed by atoms with van der Waals surface area (Å²) in [5.41, 5.74) is 8.08. The molecule has 0 radical (unpaired) electrons. The summed E-state index contributed by atoms with van der Waals surface area (Å²) in [6.07, 6.45) is -2.98. The van der Waals surface area contributed by atoms with Crippen LogP contribution in [0.25, 0.3) is 11.3 Å². The van der Waals surface area contributed by atoms with E-state index >= 15 is 0 Å². The number of aromatic nitrogens is 2. The Morgan fingerprint density at radius 2 is 1.77 bits per heavy atom. The molecule has 5 nitrogen and oxygen atoms in total. The Morgan fingerprint density at radius 3 is 2.42 bits per heavy atom. The Kier molecular flexibility index (Phi) is 4.75. The van der Waals surface area contributed by atoms with E-state index in [2.05, 4.69) is 9.72 Å². The highest BCUT2D eigenvalue weighted by Crippen LogP contribution is 2.27. The molecule has 2 aromatic carbocycles. The number of nitrogens with two attached hydrogens (primary N) is 1. The van der Waals surface area contributed by atoms with Crippen LogP contribution in [0.3, 0.4) is 0 Å². The molecule has 0 aliphatic rings. The molecular formula is C18H16F3N3O2. The number of nitrogens with zero attached hydrogens (tertiary/aromatic N) is 2. The van der Waals surface area contributed by atoms with Crippen molar-refractivity contribution >= 4 is 5.95 Å². The molecule has 0 saturated carbocycles. The zero-order valence-electron chi connectivity index (χ0n) is 13.8. The van der Waals surface area contributed by atoms with Crippen molar-refractivity contribution in [1.82, 2.24) is 9.55 Å². The summed E-state index contributed by atoms with van der Waals surface area (Å²) < 4.78 is 47.6. The standard InChI is InChI=1S/C18H16F3N3O2/c1-25-16-5-3-2-4-13(16)10-24-11-15(23-17(24)22)12-6-8-14(9-7-12)26-18(19,20)21/h2-9,11H,10H2,1H3,(H2,22,23). The Balaban J connectivity index is 1.82. The van der Waals surface area contributed by atoms with E-state index in [9.17, 15) is 13.2 Å². The summed E-state index contributed by atoms with van der Waals surface area (Å²) in [5, 5.41) is 0. The molecule has 0 amide bonds. The van der Waals surface area contributed by atoms with Gasteiger partial charge in [0.1, 0.15) is 11.5 Å². The lowest BCUT2D eigenvalue weighted by Gasteiger charge is -2.09. The van der Waals surface area contributed by atoms with Crippen LogP contribution in [0.1, 0.15) is 5.56 Å². The maximum absolute atomic E-state index is 12.2. The van der Waals surface area contributed by atoms with Crippen LogP contribution in [0.5, 0.6) is 11.5 Å². The smallest absolute Gasteiger partial charge is 0.496 e. The molecule has 3 aromatic rings. The van der Waals surface area contributed by atoms with Crippen LogP contribution < -0.4 is 15.2 Å². The van der Waals surface area contributed by atoms with Crippen molar-refractivity contribution in [2.45, 2.75) is 12.9 Å². The highest BCUT2D eigenvalue weighted by molar-refractivity contribution is 5.61. The Bertz CT molecular complexity index is 889. The zero-order chi connectivity index (χ0) is 18.7. The molecule has 0 aliphatic heterocycles. The number of alkyl halides is 3. The molecule has 0 unspecified atom stereocenters. The fourth-order valence-electron chi connectivity index (χ4n) is 2.54. The van der Waals surface area contributed by atoms with E-state index in [0.29, 0.717) is 23.8 Å². The van der Waals surface area contributed by atoms with Crippen molar-refractivity contribution in [3.8, 4) is 22.8 Å². The van der Waals surface area contributed by atoms with Gasteiger partial charge in [-0.2, -0.15) is 0 Å². The number of para-hydroxylation sites is 1. The van der Waals surface area contributed by atoms with E-state index in [0.717, 1.165) is 11.3 Å². The van der Waals surface area contributed by atoms with Gasteiger partial charge in [0, 0.05) is 17.3 Å². The molecule has 0 atom stereocenters. The van der Waals surface area contributed by atoms with Crippen LogP contribution in [0.4, 0.5) is 19.1 Å². The first-order valence-electron chi connectivity index (χ1n) is 7.66. The molecule has 136 valence electrons. The summed E-state index contributed by atoms with van der Waals surface area (Å²) in [6, 6.07) is 13.0. The normalized spacial score (nSPS) is 11.4. The van der Waals surface area contributed by atoms with E-state index in [1.54, 1.807) is 17.9 Å². The van der Waals surface area contributed by atoms with E-state index in [4.69, 9.17) is 10.5 Å². The highest BCUT2D eigenvalue weighted by Gasteiger charge is 2.31. The van der Waals surface area contributed by atoms with Gasteiger partial charge in [0.05, 0.1) is 19.3 Å². The third-order valence-electron chi connectivity index (χ3n) is 3.72. The minimum atomic E-state index is -4.72. The number of rotatable bonds is 5. The maximum Gasteiger partial charge on any atom is 0.573 e. The first-order chi connectivity index (χ1) is 12.4. The quantitative estimate of drug-likeness (QED) is 0.742. The number of methoxy groups -OCH3 is 1. The van der Waals surface area contributed by atoms with Gasteiger partial charge in [-0.1, -0.05) is 18.2 Å². The van der Waals surface area contributed by atoms with E-state index < -0.39 is 6.36 Å². The lowest BCUT2D eigenvalue weighted by atomic mass is 10.1. The van der Waals surface area contributed by atoms with Crippen molar-refractivity contribution in [1.29, 1.82) is 0 Å². The van der Waals surface area contributed by atoms with Crippen LogP contribution in [-0.2, 0) is 6.54 Å². The number of halogens is 3. The van der Waals surface area contributed by atoms with Crippen LogP contribution in [0.2, 0.25) is 0 Å². The fraction of sp³-hybridized carbons (Fsp3) is 0.167. The average molecular weight is 363 g/mol. The third-order valence-corrected chi connectivity index (χ3v) is 3.72. The number of imidazole rings is 1. The van der Waals surface area contributed by atoms with Crippen molar-refractivity contribution in [2.24, 2.45) is 0 Å². The van der Waals surface area contributed by atoms with E-state index in [-0.39, 0.29) is 5.75 Å². The lowest BCUT2D eigenvalue weighted by Crippen LogP contribution is -2.16. The molecule has 2 N–H and O–H groups in total. The molecule has 3 rings (SSSR count). The first-order valence-corrected chi connectivity index (χ1v) is 7.66. The maximum atomic E-state index is 12.2. The molecule has 8 heteroatoms. The summed E-state index contributed by atoms with van der Waals surface area (Å²) in [5.74, 6) is 0.736. The van der Waals surface area contributed by atoms with Gasteiger partial charge in [-0.25, -0.2) is 4.98 Å². The van der Waals surface area contributed by atoms with Gasteiger partial charge in [-0.15, -0.1) is 13.2 Å². The van der Waals surface area contributed by atoms with Crippen LogP contribution >= 0.6 is 0 Å². The average Bonchev–Trinajstić information content (AvgIpc) is 2.95. The number of benzene rings is 2. The monoisotopic (exact) mass is 363 g/mol. The van der Waals surface area contributed by atoms with Gasteiger partial charge in [0.25, 0.3) is 0 Å². The Hall–Kier alpha value is -3.16. The Labute approximate surface area is 147 Å². The summed E-state index contributed by atoms with van der Waals surface area (Å²) >= 11 is 0. The topological polar surface area (TPSA) is 62.3 Å². The summed E-state index contributed by atoms with van der Waals surface area (Å²) in [7, 11) is 1.59. The third kappa shape index (κ3) is 4.08. The summed E-state index contributed by atoms with van der Waals surface area (Å²) in [6.45, 7) is 0.456. The molecule has 1 aromatic heterocycles. The van der Waals surface area contributed by atoms with Crippen molar-refractivity contribution in [3.05, 3.63) is 60.3 Å². The second kappa shape index (κ2) is 6.99. The molecule has 26 heavy (non-hydrogen) atoms.